The molecule has 1 fully saturated rings. The molecule has 306 valence electrons. The first kappa shape index (κ1) is 43.3. The van der Waals surface area contributed by atoms with Crippen LogP contribution in [-0.4, -0.2) is 76.9 Å². The molecule has 0 radical (unpaired) electrons. The van der Waals surface area contributed by atoms with Gasteiger partial charge in [0.25, 0.3) is 0 Å². The fourth-order valence-corrected chi connectivity index (χ4v) is 6.98. The zero-order valence-electron chi connectivity index (χ0n) is 33.8. The molecule has 1 saturated heterocycles. The van der Waals surface area contributed by atoms with Crippen LogP contribution in [0.1, 0.15) is 87.5 Å². The Morgan fingerprint density at radius 1 is 0.776 bits per heavy atom. The summed E-state index contributed by atoms with van der Waals surface area (Å²) in [5, 5.41) is 12.4. The molecule has 0 bridgehead atoms. The monoisotopic (exact) mass is 788 g/mol. The van der Waals surface area contributed by atoms with E-state index in [-0.39, 0.29) is 55.9 Å². The molecule has 58 heavy (non-hydrogen) atoms. The van der Waals surface area contributed by atoms with Crippen LogP contribution in [0.25, 0.3) is 0 Å². The smallest absolute Gasteiger partial charge is 0.415 e. The van der Waals surface area contributed by atoms with Crippen LogP contribution in [0.15, 0.2) is 121 Å². The highest BCUT2D eigenvalue weighted by Crippen LogP contribution is 2.28. The number of nitrogens with one attached hydrogen (secondary N) is 2. The van der Waals surface area contributed by atoms with Gasteiger partial charge in [-0.2, -0.15) is 0 Å². The Hall–Kier alpha value is -5.81. The number of carbonyl (C=O) groups excluding carboxylic acids is 4. The molecular formula is C47H56N4O7. The maximum absolute atomic E-state index is 14.5. The highest BCUT2D eigenvalue weighted by molar-refractivity contribution is 6.02. The van der Waals surface area contributed by atoms with Crippen LogP contribution in [0.2, 0.25) is 0 Å². The van der Waals surface area contributed by atoms with Gasteiger partial charge in [0.15, 0.2) is 0 Å². The van der Waals surface area contributed by atoms with Crippen LogP contribution in [0.4, 0.5) is 4.79 Å². The van der Waals surface area contributed by atoms with E-state index in [1.165, 1.54) is 0 Å². The van der Waals surface area contributed by atoms with Gasteiger partial charge in [-0.05, 0) is 68.7 Å². The number of amidine groups is 1. The topological polar surface area (TPSA) is 138 Å². The minimum atomic E-state index is -0.768. The van der Waals surface area contributed by atoms with Gasteiger partial charge < -0.3 is 24.4 Å². The molecule has 5 rings (SSSR count). The first-order chi connectivity index (χ1) is 27.9. The Bertz CT molecular complexity index is 1880. The second kappa shape index (κ2) is 21.6. The summed E-state index contributed by atoms with van der Waals surface area (Å²) in [6.45, 7) is 6.53. The van der Waals surface area contributed by atoms with Crippen LogP contribution in [0.3, 0.4) is 0 Å². The van der Waals surface area contributed by atoms with Crippen LogP contribution in [-0.2, 0) is 41.8 Å². The van der Waals surface area contributed by atoms with E-state index in [0.29, 0.717) is 38.8 Å². The second-order valence-electron chi connectivity index (χ2n) is 15.6. The van der Waals surface area contributed by atoms with Crippen LogP contribution in [0, 0.1) is 5.41 Å². The zero-order valence-corrected chi connectivity index (χ0v) is 33.8. The van der Waals surface area contributed by atoms with E-state index in [4.69, 9.17) is 19.6 Å². The van der Waals surface area contributed by atoms with Crippen molar-refractivity contribution in [3.63, 3.8) is 0 Å². The van der Waals surface area contributed by atoms with E-state index < -0.39 is 30.1 Å². The van der Waals surface area contributed by atoms with Crippen molar-refractivity contribution in [1.82, 2.24) is 15.1 Å². The van der Waals surface area contributed by atoms with E-state index in [1.807, 2.05) is 123 Å². The molecule has 2 unspecified atom stereocenters. The average molecular weight is 789 g/mol. The summed E-state index contributed by atoms with van der Waals surface area (Å²) in [6, 6.07) is 37.9. The molecule has 1 heterocycles. The Balaban J connectivity index is 1.31. The van der Waals surface area contributed by atoms with E-state index in [9.17, 15) is 19.2 Å². The number of esters is 2. The van der Waals surface area contributed by atoms with Crippen molar-refractivity contribution in [3.8, 4) is 0 Å². The minimum Gasteiger partial charge on any atom is -0.460 e. The predicted octanol–water partition coefficient (Wildman–Crippen LogP) is 8.03. The lowest BCUT2D eigenvalue weighted by Gasteiger charge is -2.30. The Labute approximate surface area is 342 Å². The second-order valence-corrected chi connectivity index (χ2v) is 15.6. The van der Waals surface area contributed by atoms with E-state index in [1.54, 1.807) is 0 Å². The molecular weight excluding hydrogens is 733 g/mol. The molecule has 2 atom stereocenters. The lowest BCUT2D eigenvalue weighted by atomic mass is 9.90. The Morgan fingerprint density at radius 2 is 1.31 bits per heavy atom. The van der Waals surface area contributed by atoms with Gasteiger partial charge in [0.2, 0.25) is 5.91 Å². The highest BCUT2D eigenvalue weighted by Gasteiger charge is 2.33. The van der Waals surface area contributed by atoms with Gasteiger partial charge in [-0.15, -0.1) is 0 Å². The summed E-state index contributed by atoms with van der Waals surface area (Å²) in [6.07, 6.45) is 0.762. The van der Waals surface area contributed by atoms with Crippen molar-refractivity contribution in [2.75, 3.05) is 19.6 Å². The van der Waals surface area contributed by atoms with Crippen molar-refractivity contribution in [1.29, 1.82) is 5.41 Å². The number of hydrogen-bond acceptors (Lipinski definition) is 9. The fourth-order valence-electron chi connectivity index (χ4n) is 6.98. The number of nitrogens with zero attached hydrogens (tertiary/aromatic N) is 2. The fraction of sp³-hybridized carbons (Fsp3) is 0.383. The van der Waals surface area contributed by atoms with Gasteiger partial charge >= 0.3 is 18.0 Å². The SMILES string of the molecule is CC(C)(C)OC(=O)CCC1CCN(CC(c2ccccc2)c2ccccc2)C(=O)C(CCCN(C(=N)CC(=O)OCc2ccccc2)C(=O)OCc2ccccc2)N1. The van der Waals surface area contributed by atoms with Crippen LogP contribution in [0.5, 0.6) is 0 Å². The highest BCUT2D eigenvalue weighted by atomic mass is 16.6. The summed E-state index contributed by atoms with van der Waals surface area (Å²) in [5.74, 6) is -1.35. The summed E-state index contributed by atoms with van der Waals surface area (Å²) in [5.41, 5.74) is 3.18. The van der Waals surface area contributed by atoms with Crippen LogP contribution >= 0.6 is 0 Å². The summed E-state index contributed by atoms with van der Waals surface area (Å²) < 4.78 is 16.6. The molecule has 11 nitrogen and oxygen atoms in total. The molecule has 0 aromatic heterocycles. The quantitative estimate of drug-likeness (QED) is 0.0475. The number of hydrogen-bond donors (Lipinski definition) is 2. The van der Waals surface area contributed by atoms with Gasteiger partial charge in [-0.25, -0.2) is 4.79 Å². The maximum Gasteiger partial charge on any atom is 0.415 e. The Kier molecular flexibility index (Phi) is 16.2. The van der Waals surface area contributed by atoms with E-state index in [2.05, 4.69) is 29.6 Å². The molecule has 2 N–H and O–H groups in total. The van der Waals surface area contributed by atoms with Gasteiger partial charge in [0.1, 0.15) is 31.1 Å². The molecule has 0 aliphatic carbocycles. The predicted molar refractivity (Wildman–Crippen MR) is 223 cm³/mol. The largest absolute Gasteiger partial charge is 0.460 e. The maximum atomic E-state index is 14.5. The first-order valence-corrected chi connectivity index (χ1v) is 20.1. The number of rotatable bonds is 17. The molecule has 4 aromatic rings. The Morgan fingerprint density at radius 3 is 1.86 bits per heavy atom. The summed E-state index contributed by atoms with van der Waals surface area (Å²) >= 11 is 0. The van der Waals surface area contributed by atoms with Crippen molar-refractivity contribution in [3.05, 3.63) is 144 Å². The molecule has 4 aromatic carbocycles. The molecule has 1 aliphatic rings. The molecule has 0 saturated carbocycles. The molecule has 0 spiro atoms. The average Bonchev–Trinajstić information content (AvgIpc) is 3.37. The summed E-state index contributed by atoms with van der Waals surface area (Å²) in [7, 11) is 0. The number of ether oxygens (including phenoxy) is 3. The standard InChI is InChI=1S/C47H56N4O7/c1-47(2,3)58-43(52)27-26-39-28-30-50(32-40(37-21-12-6-13-22-37)38-23-14-7-15-24-38)45(54)41(49-39)25-16-29-51(46(55)57-34-36-19-10-5-11-20-36)42(48)31-44(53)56-33-35-17-8-4-9-18-35/h4-15,17-24,39-41,48-49H,16,25-34H2,1-3H3. The van der Waals surface area contributed by atoms with Crippen molar-refractivity contribution in [2.45, 2.75) is 96.1 Å². The number of amides is 2. The van der Waals surface area contributed by atoms with Gasteiger partial charge in [0.05, 0.1) is 6.04 Å². The molecule has 1 aliphatic heterocycles. The lowest BCUT2D eigenvalue weighted by molar-refractivity contribution is -0.155. The summed E-state index contributed by atoms with van der Waals surface area (Å²) in [4.78, 5) is 56.7. The van der Waals surface area contributed by atoms with Gasteiger partial charge in [-0.3, -0.25) is 24.7 Å². The third-order valence-electron chi connectivity index (χ3n) is 9.90. The van der Waals surface area contributed by atoms with Crippen molar-refractivity contribution >= 4 is 29.8 Å². The van der Waals surface area contributed by atoms with Crippen molar-refractivity contribution in [2.24, 2.45) is 0 Å². The zero-order chi connectivity index (χ0) is 41.3. The minimum absolute atomic E-state index is 0.0111. The normalized spacial score (nSPS) is 15.7. The molecule has 2 amide bonds. The number of benzene rings is 4. The van der Waals surface area contributed by atoms with E-state index in [0.717, 1.165) is 27.2 Å². The molecule has 11 heteroatoms. The van der Waals surface area contributed by atoms with E-state index >= 15 is 0 Å². The first-order valence-electron chi connectivity index (χ1n) is 20.1. The number of carbonyl (C=O) groups is 4. The van der Waals surface area contributed by atoms with Gasteiger partial charge in [-0.1, -0.05) is 121 Å². The third kappa shape index (κ3) is 14.0. The van der Waals surface area contributed by atoms with Gasteiger partial charge in [0, 0.05) is 38.0 Å². The lowest BCUT2D eigenvalue weighted by Crippen LogP contribution is -2.47. The third-order valence-corrected chi connectivity index (χ3v) is 9.90. The van der Waals surface area contributed by atoms with Crippen LogP contribution < -0.4 is 5.32 Å². The van der Waals surface area contributed by atoms with Crippen molar-refractivity contribution < 1.29 is 33.4 Å².